The molecule has 256 valence electrons. The minimum atomic E-state index is -0.330. The Morgan fingerprint density at radius 1 is 0.820 bits per heavy atom. The smallest absolute Gasteiger partial charge is 0.509 e. The van der Waals surface area contributed by atoms with Crippen LogP contribution in [0.1, 0.15) is 70.0 Å². The van der Waals surface area contributed by atoms with Crippen LogP contribution in [0.5, 0.6) is 17.2 Å². The molecule has 0 N–H and O–H groups in total. The van der Waals surface area contributed by atoms with Crippen molar-refractivity contribution in [2.75, 3.05) is 0 Å². The summed E-state index contributed by atoms with van der Waals surface area (Å²) in [5.74, 6) is 2.94. The molecule has 0 saturated carbocycles. The molecule has 3 aromatic heterocycles. The van der Waals surface area contributed by atoms with Crippen molar-refractivity contribution in [1.29, 1.82) is 0 Å². The van der Waals surface area contributed by atoms with Crippen LogP contribution < -0.4 is 9.47 Å². The van der Waals surface area contributed by atoms with Crippen LogP contribution in [-0.4, -0.2) is 24.9 Å². The second-order valence-corrected chi connectivity index (χ2v) is 13.9. The number of fused-ring (bicyclic) bond motifs is 3. The van der Waals surface area contributed by atoms with Crippen LogP contribution in [0.15, 0.2) is 91.1 Å². The first kappa shape index (κ1) is 35.2. The molecule has 0 spiro atoms. The summed E-state index contributed by atoms with van der Waals surface area (Å²) in [4.78, 5) is 4.75. The molecule has 0 aliphatic rings. The van der Waals surface area contributed by atoms with Gasteiger partial charge in [0.1, 0.15) is 17.2 Å². The third kappa shape index (κ3) is 6.74. The Balaban J connectivity index is 0.00000432. The number of pyridine rings is 1. The molecule has 0 saturated heterocycles. The summed E-state index contributed by atoms with van der Waals surface area (Å²) in [5.41, 5.74) is 9.61. The fraction of sp³-hybridized carbons (Fsp3) is 0.256. The minimum absolute atomic E-state index is 0. The number of para-hydroxylation sites is 1. The second kappa shape index (κ2) is 13.9. The van der Waals surface area contributed by atoms with Gasteiger partial charge < -0.3 is 14.0 Å². The van der Waals surface area contributed by atoms with Gasteiger partial charge in [-0.05, 0) is 86.9 Å². The van der Waals surface area contributed by atoms with E-state index in [0.717, 1.165) is 56.9 Å². The first-order valence-electron chi connectivity index (χ1n) is 17.0. The Kier molecular flexibility index (Phi) is 9.79. The van der Waals surface area contributed by atoms with Gasteiger partial charge in [0.15, 0.2) is 0 Å². The van der Waals surface area contributed by atoms with Crippen LogP contribution >= 0.6 is 0 Å². The third-order valence-corrected chi connectivity index (χ3v) is 8.81. The molecule has 7 heteroatoms. The van der Waals surface area contributed by atoms with Crippen molar-refractivity contribution < 1.29 is 30.5 Å². The molecule has 0 aliphatic carbocycles. The van der Waals surface area contributed by atoms with E-state index in [9.17, 15) is 0 Å². The predicted molar refractivity (Wildman–Crippen MR) is 199 cm³/mol. The van der Waals surface area contributed by atoms with Gasteiger partial charge in [0, 0.05) is 40.5 Å². The summed E-state index contributed by atoms with van der Waals surface area (Å²) in [6.45, 7) is 17.0. The van der Waals surface area contributed by atoms with Crippen LogP contribution in [-0.2, 0) is 27.5 Å². The van der Waals surface area contributed by atoms with Crippen molar-refractivity contribution in [2.45, 2.75) is 73.3 Å². The number of aryl methyl sites for hydroxylation is 2. The number of nitrogens with zero attached hydrogens (tertiary/aromatic N) is 4. The zero-order valence-corrected chi connectivity index (χ0v) is 32.1. The van der Waals surface area contributed by atoms with Crippen molar-refractivity contribution in [3.05, 3.63) is 126 Å². The first-order valence-corrected chi connectivity index (χ1v) is 17.0. The number of benzene rings is 4. The van der Waals surface area contributed by atoms with E-state index in [1.165, 1.54) is 22.3 Å². The molecule has 0 amide bonds. The van der Waals surface area contributed by atoms with E-state index < -0.39 is 0 Å². The SMILES string of the molecule is CCc1c(-c2ccc(C)c(C)c2)c(C(C)C)nn1-c1[c-]c(Oc2[c-]c3c(cc2)c2ccccc2n3-c2cc(OC(C)(C)C)ccn2)ccc1.[Pt+2]. The van der Waals surface area contributed by atoms with E-state index in [1.54, 1.807) is 6.20 Å². The fourth-order valence-electron chi connectivity index (χ4n) is 6.46. The van der Waals surface area contributed by atoms with E-state index in [0.29, 0.717) is 11.5 Å². The number of ether oxygens (including phenoxy) is 2. The Bertz CT molecular complexity index is 2330. The fourth-order valence-corrected chi connectivity index (χ4v) is 6.46. The molecule has 0 bridgehead atoms. The van der Waals surface area contributed by atoms with Gasteiger partial charge in [-0.1, -0.05) is 62.7 Å². The van der Waals surface area contributed by atoms with Gasteiger partial charge in [-0.15, -0.1) is 35.7 Å². The van der Waals surface area contributed by atoms with Gasteiger partial charge in [-0.2, -0.15) is 17.2 Å². The van der Waals surface area contributed by atoms with Crippen molar-refractivity contribution in [1.82, 2.24) is 19.3 Å². The molecule has 4 aromatic carbocycles. The maximum absolute atomic E-state index is 6.49. The van der Waals surface area contributed by atoms with Gasteiger partial charge in [0.25, 0.3) is 0 Å². The van der Waals surface area contributed by atoms with Gasteiger partial charge >= 0.3 is 21.1 Å². The van der Waals surface area contributed by atoms with Crippen LogP contribution in [0.4, 0.5) is 0 Å². The summed E-state index contributed by atoms with van der Waals surface area (Å²) >= 11 is 0. The maximum atomic E-state index is 6.49. The van der Waals surface area contributed by atoms with Gasteiger partial charge in [-0.3, -0.25) is 4.68 Å². The van der Waals surface area contributed by atoms with E-state index in [2.05, 4.69) is 93.8 Å². The Labute approximate surface area is 309 Å². The summed E-state index contributed by atoms with van der Waals surface area (Å²) in [6, 6.07) is 36.0. The van der Waals surface area contributed by atoms with Crippen molar-refractivity contribution in [2.24, 2.45) is 0 Å². The second-order valence-electron chi connectivity index (χ2n) is 13.9. The molecule has 6 nitrogen and oxygen atoms in total. The van der Waals surface area contributed by atoms with Crippen LogP contribution in [0.3, 0.4) is 0 Å². The summed E-state index contributed by atoms with van der Waals surface area (Å²) < 4.78 is 16.8. The van der Waals surface area contributed by atoms with Gasteiger partial charge in [0.2, 0.25) is 0 Å². The van der Waals surface area contributed by atoms with Gasteiger partial charge in [0.05, 0.1) is 5.69 Å². The molecule has 0 atom stereocenters. The summed E-state index contributed by atoms with van der Waals surface area (Å²) in [6.07, 6.45) is 2.61. The minimum Gasteiger partial charge on any atom is -0.509 e. The Morgan fingerprint density at radius 3 is 2.34 bits per heavy atom. The molecule has 7 aromatic rings. The molecule has 0 unspecified atom stereocenters. The topological polar surface area (TPSA) is 54.1 Å². The van der Waals surface area contributed by atoms with E-state index in [1.807, 2.05) is 67.9 Å². The van der Waals surface area contributed by atoms with Crippen LogP contribution in [0.25, 0.3) is 44.4 Å². The molecular weight excluding hydrogens is 800 g/mol. The van der Waals surface area contributed by atoms with Gasteiger partial charge in [-0.25, -0.2) is 4.98 Å². The van der Waals surface area contributed by atoms with E-state index >= 15 is 0 Å². The number of aromatic nitrogens is 4. The summed E-state index contributed by atoms with van der Waals surface area (Å²) in [5, 5.41) is 7.35. The quantitative estimate of drug-likeness (QED) is 0.143. The molecule has 0 fully saturated rings. The molecule has 7 rings (SSSR count). The normalized spacial score (nSPS) is 11.7. The first-order chi connectivity index (χ1) is 23.5. The zero-order chi connectivity index (χ0) is 34.4. The van der Waals surface area contributed by atoms with E-state index in [-0.39, 0.29) is 32.6 Å². The van der Waals surface area contributed by atoms with E-state index in [4.69, 9.17) is 19.6 Å². The monoisotopic (exact) mass is 841 g/mol. The molecule has 0 aliphatic heterocycles. The van der Waals surface area contributed by atoms with Crippen molar-refractivity contribution in [3.8, 4) is 39.9 Å². The molecule has 50 heavy (non-hydrogen) atoms. The number of hydrogen-bond acceptors (Lipinski definition) is 4. The van der Waals surface area contributed by atoms with Crippen molar-refractivity contribution in [3.63, 3.8) is 0 Å². The summed E-state index contributed by atoms with van der Waals surface area (Å²) in [7, 11) is 0. The van der Waals surface area contributed by atoms with Crippen molar-refractivity contribution >= 4 is 21.8 Å². The number of rotatable bonds is 8. The molecule has 0 radical (unpaired) electrons. The zero-order valence-electron chi connectivity index (χ0n) is 29.9. The predicted octanol–water partition coefficient (Wildman–Crippen LogP) is 10.9. The standard InChI is InChI=1S/C43H42N4O2.Pt/c1-9-37-41(30-18-17-28(4)29(5)23-30)42(27(2)3)45-47(37)31-13-12-14-32(24-31)48-33-19-20-36-35-15-10-11-16-38(35)46(39(36)25-33)40-26-34(21-22-44-40)49-43(6,7)8;/h10-23,26-27H,9H2,1-8H3;/q-2;+2. The third-order valence-electron chi connectivity index (χ3n) is 8.81. The molecule has 3 heterocycles. The Morgan fingerprint density at radius 2 is 1.60 bits per heavy atom. The van der Waals surface area contributed by atoms with Crippen LogP contribution in [0, 0.1) is 26.0 Å². The number of hydrogen-bond donors (Lipinski definition) is 0. The molecular formula is C43H42N4O2Pt. The van der Waals surface area contributed by atoms with Crippen LogP contribution in [0.2, 0.25) is 0 Å². The largest absolute Gasteiger partial charge is 2.00 e. The maximum Gasteiger partial charge on any atom is 2.00 e. The average molecular weight is 842 g/mol. The average Bonchev–Trinajstić information content (AvgIpc) is 3.62. The Hall–Kier alpha value is -4.67.